The van der Waals surface area contributed by atoms with Crippen molar-refractivity contribution < 1.29 is 4.79 Å². The molecule has 120 valence electrons. The molecular weight excluding hydrogens is 286 g/mol. The Morgan fingerprint density at radius 2 is 2.09 bits per heavy atom. The van der Waals surface area contributed by atoms with Crippen LogP contribution < -0.4 is 5.32 Å². The molecule has 2 amide bonds. The summed E-state index contributed by atoms with van der Waals surface area (Å²) in [6.45, 7) is 4.18. The molecule has 4 heteroatoms. The van der Waals surface area contributed by atoms with Crippen molar-refractivity contribution in [2.45, 2.75) is 26.3 Å². The molecule has 1 unspecified atom stereocenters. The van der Waals surface area contributed by atoms with Crippen molar-refractivity contribution in [3.05, 3.63) is 65.5 Å². The number of benzene rings is 1. The van der Waals surface area contributed by atoms with Gasteiger partial charge in [-0.2, -0.15) is 0 Å². The fraction of sp³-hybridized carbons (Fsp3) is 0.368. The van der Waals surface area contributed by atoms with E-state index in [0.717, 1.165) is 37.2 Å². The Labute approximate surface area is 137 Å². The van der Waals surface area contributed by atoms with Crippen LogP contribution in [0, 0.1) is 12.8 Å². The van der Waals surface area contributed by atoms with E-state index in [1.807, 2.05) is 30.0 Å². The van der Waals surface area contributed by atoms with Crippen LogP contribution in [0.2, 0.25) is 0 Å². The van der Waals surface area contributed by atoms with Gasteiger partial charge in [0.25, 0.3) is 0 Å². The standard InChI is InChI=1S/C19H23N3O/c1-15-6-5-10-20-18(15)13-21-19(23)22-11-9-17(14-22)12-16-7-3-2-4-8-16/h2-8,10,17H,9,11-14H2,1H3,(H,21,23). The number of nitrogens with zero attached hydrogens (tertiary/aromatic N) is 2. The molecule has 0 aliphatic carbocycles. The van der Waals surface area contributed by atoms with Crippen molar-refractivity contribution in [2.24, 2.45) is 5.92 Å². The van der Waals surface area contributed by atoms with Gasteiger partial charge in [0.2, 0.25) is 0 Å². The molecule has 1 N–H and O–H groups in total. The number of amides is 2. The van der Waals surface area contributed by atoms with Gasteiger partial charge in [-0.1, -0.05) is 36.4 Å². The SMILES string of the molecule is Cc1cccnc1CNC(=O)N1CCC(Cc2ccccc2)C1. The number of pyridine rings is 1. The smallest absolute Gasteiger partial charge is 0.317 e. The average molecular weight is 309 g/mol. The van der Waals surface area contributed by atoms with Gasteiger partial charge in [0.15, 0.2) is 0 Å². The summed E-state index contributed by atoms with van der Waals surface area (Å²) in [6.07, 6.45) is 3.88. The summed E-state index contributed by atoms with van der Waals surface area (Å²) in [5.74, 6) is 0.555. The van der Waals surface area contributed by atoms with Crippen LogP contribution in [-0.4, -0.2) is 29.0 Å². The van der Waals surface area contributed by atoms with Crippen molar-refractivity contribution in [1.82, 2.24) is 15.2 Å². The van der Waals surface area contributed by atoms with Gasteiger partial charge in [0.05, 0.1) is 12.2 Å². The first kappa shape index (κ1) is 15.5. The van der Waals surface area contributed by atoms with Gasteiger partial charge < -0.3 is 10.2 Å². The first-order chi connectivity index (χ1) is 11.2. The molecule has 4 nitrogen and oxygen atoms in total. The molecule has 1 fully saturated rings. The number of urea groups is 1. The highest BCUT2D eigenvalue weighted by molar-refractivity contribution is 5.74. The topological polar surface area (TPSA) is 45.2 Å². The summed E-state index contributed by atoms with van der Waals surface area (Å²) in [4.78, 5) is 18.6. The number of carbonyl (C=O) groups is 1. The van der Waals surface area contributed by atoms with E-state index in [-0.39, 0.29) is 6.03 Å². The van der Waals surface area contributed by atoms with E-state index < -0.39 is 0 Å². The van der Waals surface area contributed by atoms with Gasteiger partial charge in [-0.3, -0.25) is 4.98 Å². The van der Waals surface area contributed by atoms with E-state index in [0.29, 0.717) is 12.5 Å². The number of nitrogens with one attached hydrogen (secondary N) is 1. The predicted molar refractivity (Wildman–Crippen MR) is 91.0 cm³/mol. The summed E-state index contributed by atoms with van der Waals surface area (Å²) in [5.41, 5.74) is 3.39. The first-order valence-corrected chi connectivity index (χ1v) is 8.19. The van der Waals surface area contributed by atoms with Crippen LogP contribution in [0.1, 0.15) is 23.2 Å². The molecule has 3 rings (SSSR count). The molecule has 1 saturated heterocycles. The summed E-state index contributed by atoms with van der Waals surface area (Å²) in [5, 5.41) is 2.99. The molecule has 1 atom stereocenters. The number of hydrogen-bond donors (Lipinski definition) is 1. The van der Waals surface area contributed by atoms with Crippen molar-refractivity contribution in [1.29, 1.82) is 0 Å². The van der Waals surface area contributed by atoms with E-state index >= 15 is 0 Å². The molecular formula is C19H23N3O. The lowest BCUT2D eigenvalue weighted by atomic mass is 9.99. The van der Waals surface area contributed by atoms with E-state index in [2.05, 4.69) is 34.6 Å². The molecule has 1 aliphatic rings. The highest BCUT2D eigenvalue weighted by atomic mass is 16.2. The van der Waals surface area contributed by atoms with E-state index in [1.165, 1.54) is 5.56 Å². The summed E-state index contributed by atoms with van der Waals surface area (Å²) >= 11 is 0. The highest BCUT2D eigenvalue weighted by Crippen LogP contribution is 2.20. The van der Waals surface area contributed by atoms with Crippen LogP contribution in [0.4, 0.5) is 4.79 Å². The van der Waals surface area contributed by atoms with Crippen LogP contribution in [0.15, 0.2) is 48.7 Å². The second-order valence-electron chi connectivity index (χ2n) is 6.22. The molecule has 2 heterocycles. The maximum absolute atomic E-state index is 12.3. The van der Waals surface area contributed by atoms with Crippen molar-refractivity contribution in [2.75, 3.05) is 13.1 Å². The zero-order valence-electron chi connectivity index (χ0n) is 13.5. The van der Waals surface area contributed by atoms with Crippen molar-refractivity contribution in [3.8, 4) is 0 Å². The Kier molecular flexibility index (Phi) is 4.91. The molecule has 2 aromatic rings. The largest absolute Gasteiger partial charge is 0.332 e. The van der Waals surface area contributed by atoms with Gasteiger partial charge in [-0.15, -0.1) is 0 Å². The zero-order valence-corrected chi connectivity index (χ0v) is 13.5. The minimum atomic E-state index is 0.0191. The van der Waals surface area contributed by atoms with Crippen molar-refractivity contribution >= 4 is 6.03 Å². The molecule has 0 saturated carbocycles. The molecule has 1 aromatic carbocycles. The van der Waals surface area contributed by atoms with Gasteiger partial charge in [-0.25, -0.2) is 4.79 Å². The van der Waals surface area contributed by atoms with Gasteiger partial charge >= 0.3 is 6.03 Å². The Hall–Kier alpha value is -2.36. The van der Waals surface area contributed by atoms with Gasteiger partial charge in [0, 0.05) is 19.3 Å². The zero-order chi connectivity index (χ0) is 16.1. The van der Waals surface area contributed by atoms with Gasteiger partial charge in [-0.05, 0) is 42.9 Å². The van der Waals surface area contributed by atoms with Crippen LogP contribution >= 0.6 is 0 Å². The normalized spacial score (nSPS) is 17.3. The number of carbonyl (C=O) groups excluding carboxylic acids is 1. The molecule has 1 aromatic heterocycles. The maximum Gasteiger partial charge on any atom is 0.317 e. The van der Waals surface area contributed by atoms with Crippen LogP contribution in [0.3, 0.4) is 0 Å². The molecule has 0 bridgehead atoms. The third-order valence-electron chi connectivity index (χ3n) is 4.47. The minimum Gasteiger partial charge on any atom is -0.332 e. The quantitative estimate of drug-likeness (QED) is 0.943. The lowest BCUT2D eigenvalue weighted by molar-refractivity contribution is 0.206. The van der Waals surface area contributed by atoms with Gasteiger partial charge in [0.1, 0.15) is 0 Å². The number of hydrogen-bond acceptors (Lipinski definition) is 2. The van der Waals surface area contributed by atoms with Crippen LogP contribution in [0.25, 0.3) is 0 Å². The highest BCUT2D eigenvalue weighted by Gasteiger charge is 2.26. The van der Waals surface area contributed by atoms with E-state index in [4.69, 9.17) is 0 Å². The third-order valence-corrected chi connectivity index (χ3v) is 4.47. The summed E-state index contributed by atoms with van der Waals surface area (Å²) < 4.78 is 0. The molecule has 1 aliphatic heterocycles. The second-order valence-corrected chi connectivity index (χ2v) is 6.22. The average Bonchev–Trinajstić information content (AvgIpc) is 3.03. The monoisotopic (exact) mass is 309 g/mol. The fourth-order valence-electron chi connectivity index (χ4n) is 3.11. The van der Waals surface area contributed by atoms with Crippen molar-refractivity contribution in [3.63, 3.8) is 0 Å². The number of aromatic nitrogens is 1. The van der Waals surface area contributed by atoms with E-state index in [9.17, 15) is 4.79 Å². The second kappa shape index (κ2) is 7.27. The summed E-state index contributed by atoms with van der Waals surface area (Å²) in [6, 6.07) is 14.4. The maximum atomic E-state index is 12.3. The first-order valence-electron chi connectivity index (χ1n) is 8.19. The minimum absolute atomic E-state index is 0.0191. The van der Waals surface area contributed by atoms with E-state index in [1.54, 1.807) is 6.20 Å². The van der Waals surface area contributed by atoms with Crippen LogP contribution in [-0.2, 0) is 13.0 Å². The Morgan fingerprint density at radius 1 is 1.26 bits per heavy atom. The molecule has 0 radical (unpaired) electrons. The lowest BCUT2D eigenvalue weighted by Gasteiger charge is -2.17. The Balaban J connectivity index is 1.49. The number of aryl methyl sites for hydroxylation is 1. The number of rotatable bonds is 4. The summed E-state index contributed by atoms with van der Waals surface area (Å²) in [7, 11) is 0. The number of likely N-dealkylation sites (tertiary alicyclic amines) is 1. The van der Waals surface area contributed by atoms with Crippen LogP contribution in [0.5, 0.6) is 0 Å². The molecule has 0 spiro atoms. The fourth-order valence-corrected chi connectivity index (χ4v) is 3.11. The lowest BCUT2D eigenvalue weighted by Crippen LogP contribution is -2.38. The molecule has 23 heavy (non-hydrogen) atoms. The Bertz CT molecular complexity index is 657. The third kappa shape index (κ3) is 4.09. The Morgan fingerprint density at radius 3 is 2.87 bits per heavy atom. The predicted octanol–water partition coefficient (Wildman–Crippen LogP) is 3.16.